The van der Waals surface area contributed by atoms with Gasteiger partial charge in [-0.05, 0) is 30.3 Å². The third-order valence-electron chi connectivity index (χ3n) is 2.44. The molecule has 20 heavy (non-hydrogen) atoms. The number of hydrogen-bond donors (Lipinski definition) is 2. The van der Waals surface area contributed by atoms with Gasteiger partial charge in [-0.1, -0.05) is 11.6 Å². The molecule has 2 rings (SSSR count). The van der Waals surface area contributed by atoms with Gasteiger partial charge < -0.3 is 5.73 Å². The summed E-state index contributed by atoms with van der Waals surface area (Å²) in [7, 11) is -3.94. The molecule has 0 atom stereocenters. The number of aromatic nitrogens is 1. The van der Waals surface area contributed by atoms with Crippen molar-refractivity contribution in [3.8, 4) is 6.07 Å². The first-order valence-corrected chi connectivity index (χ1v) is 7.23. The first kappa shape index (κ1) is 14.1. The Balaban J connectivity index is 2.47. The third-order valence-corrected chi connectivity index (χ3v) is 4.08. The Morgan fingerprint density at radius 2 is 2.10 bits per heavy atom. The van der Waals surface area contributed by atoms with E-state index in [0.29, 0.717) is 5.02 Å². The molecule has 102 valence electrons. The van der Waals surface area contributed by atoms with Crippen LogP contribution < -0.4 is 10.5 Å². The van der Waals surface area contributed by atoms with Crippen LogP contribution in [0, 0.1) is 11.3 Å². The Morgan fingerprint density at radius 3 is 2.75 bits per heavy atom. The summed E-state index contributed by atoms with van der Waals surface area (Å²) in [5, 5.41) is 9.27. The second kappa shape index (κ2) is 5.36. The molecule has 0 saturated carbocycles. The lowest BCUT2D eigenvalue weighted by Gasteiger charge is -2.10. The number of benzene rings is 1. The zero-order chi connectivity index (χ0) is 14.8. The van der Waals surface area contributed by atoms with Crippen molar-refractivity contribution in [3.63, 3.8) is 0 Å². The summed E-state index contributed by atoms with van der Waals surface area (Å²) < 4.78 is 26.7. The molecular weight excluding hydrogens is 300 g/mol. The molecule has 1 heterocycles. The molecular formula is C12H9ClN4O2S. The number of nitrogens with zero attached hydrogens (tertiary/aromatic N) is 2. The molecule has 1 aromatic carbocycles. The van der Waals surface area contributed by atoms with E-state index >= 15 is 0 Å². The fourth-order valence-electron chi connectivity index (χ4n) is 1.53. The highest BCUT2D eigenvalue weighted by molar-refractivity contribution is 7.92. The largest absolute Gasteiger partial charge is 0.383 e. The van der Waals surface area contributed by atoms with Crippen molar-refractivity contribution in [2.24, 2.45) is 0 Å². The first-order chi connectivity index (χ1) is 9.44. The Labute approximate surface area is 120 Å². The van der Waals surface area contributed by atoms with Crippen molar-refractivity contribution in [2.75, 3.05) is 10.5 Å². The summed E-state index contributed by atoms with van der Waals surface area (Å²) in [6.07, 6.45) is 1.38. The highest BCUT2D eigenvalue weighted by Crippen LogP contribution is 2.24. The van der Waals surface area contributed by atoms with Gasteiger partial charge in [-0.3, -0.25) is 4.72 Å². The van der Waals surface area contributed by atoms with E-state index in [1.807, 2.05) is 6.07 Å². The molecule has 0 fully saturated rings. The van der Waals surface area contributed by atoms with Crippen LogP contribution in [0.2, 0.25) is 5.02 Å². The molecule has 8 heteroatoms. The molecule has 0 aliphatic carbocycles. The number of nitrogen functional groups attached to an aromatic ring is 1. The fourth-order valence-corrected chi connectivity index (χ4v) is 2.85. The minimum atomic E-state index is -3.94. The Kier molecular flexibility index (Phi) is 3.79. The number of halogens is 1. The quantitative estimate of drug-likeness (QED) is 0.901. The standard InChI is InChI=1S/C12H9ClN4O2S/c13-9-4-3-8(7-14)10(6-9)17-20(18,19)11-2-1-5-16-12(11)15/h1-6,17H,(H2,15,16). The van der Waals surface area contributed by atoms with E-state index in [4.69, 9.17) is 22.6 Å². The normalized spacial score (nSPS) is 10.8. The fraction of sp³-hybridized carbons (Fsp3) is 0. The zero-order valence-electron chi connectivity index (χ0n) is 10.0. The maximum atomic E-state index is 12.2. The summed E-state index contributed by atoms with van der Waals surface area (Å²) in [4.78, 5) is 3.55. The lowest BCUT2D eigenvalue weighted by atomic mass is 10.2. The van der Waals surface area contributed by atoms with Gasteiger partial charge in [0.05, 0.1) is 11.3 Å². The van der Waals surface area contributed by atoms with E-state index in [1.54, 1.807) is 0 Å². The van der Waals surface area contributed by atoms with Gasteiger partial charge in [-0.25, -0.2) is 13.4 Å². The van der Waals surface area contributed by atoms with Crippen LogP contribution >= 0.6 is 11.6 Å². The highest BCUT2D eigenvalue weighted by atomic mass is 35.5. The summed E-state index contributed by atoms with van der Waals surface area (Å²) in [6, 6.07) is 8.92. The van der Waals surface area contributed by atoms with Gasteiger partial charge in [0.25, 0.3) is 10.0 Å². The van der Waals surface area contributed by atoms with Crippen molar-refractivity contribution >= 4 is 33.1 Å². The second-order valence-electron chi connectivity index (χ2n) is 3.79. The van der Waals surface area contributed by atoms with Crippen LogP contribution in [0.3, 0.4) is 0 Å². The van der Waals surface area contributed by atoms with E-state index in [1.165, 1.54) is 36.5 Å². The van der Waals surface area contributed by atoms with Crippen molar-refractivity contribution in [3.05, 3.63) is 47.1 Å². The molecule has 0 unspecified atom stereocenters. The number of nitriles is 1. The van der Waals surface area contributed by atoms with Gasteiger partial charge in [0.15, 0.2) is 0 Å². The predicted molar refractivity (Wildman–Crippen MR) is 75.6 cm³/mol. The number of rotatable bonds is 3. The molecule has 2 aromatic rings. The van der Waals surface area contributed by atoms with Crippen LogP contribution in [0.5, 0.6) is 0 Å². The highest BCUT2D eigenvalue weighted by Gasteiger charge is 2.19. The van der Waals surface area contributed by atoms with Gasteiger partial charge in [0.1, 0.15) is 16.8 Å². The molecule has 0 spiro atoms. The predicted octanol–water partition coefficient (Wildman–Crippen LogP) is 1.99. The number of nitrogens with one attached hydrogen (secondary N) is 1. The molecule has 0 aliphatic heterocycles. The average Bonchev–Trinajstić information content (AvgIpc) is 2.39. The van der Waals surface area contributed by atoms with E-state index in [9.17, 15) is 8.42 Å². The Morgan fingerprint density at radius 1 is 1.35 bits per heavy atom. The van der Waals surface area contributed by atoms with Crippen LogP contribution in [0.4, 0.5) is 11.5 Å². The molecule has 0 bridgehead atoms. The van der Waals surface area contributed by atoms with Gasteiger partial charge in [0, 0.05) is 11.2 Å². The molecule has 0 saturated heterocycles. The molecule has 0 aliphatic rings. The summed E-state index contributed by atoms with van der Waals surface area (Å²) in [6.45, 7) is 0. The first-order valence-electron chi connectivity index (χ1n) is 5.37. The summed E-state index contributed by atoms with van der Waals surface area (Å²) in [5.74, 6) is -0.125. The lowest BCUT2D eigenvalue weighted by Crippen LogP contribution is -2.16. The number of hydrogen-bond acceptors (Lipinski definition) is 5. The average molecular weight is 309 g/mol. The van der Waals surface area contributed by atoms with E-state index in [0.717, 1.165) is 0 Å². The van der Waals surface area contributed by atoms with Crippen LogP contribution in [0.1, 0.15) is 5.56 Å². The second-order valence-corrected chi connectivity index (χ2v) is 5.88. The number of pyridine rings is 1. The lowest BCUT2D eigenvalue weighted by molar-refractivity contribution is 0.601. The monoisotopic (exact) mass is 308 g/mol. The molecule has 0 amide bonds. The van der Waals surface area contributed by atoms with Crippen molar-refractivity contribution < 1.29 is 8.42 Å². The minimum absolute atomic E-state index is 0.0863. The maximum Gasteiger partial charge on any atom is 0.265 e. The SMILES string of the molecule is N#Cc1ccc(Cl)cc1NS(=O)(=O)c1cccnc1N. The Hall–Kier alpha value is -2.30. The molecule has 1 aromatic heterocycles. The third kappa shape index (κ3) is 2.82. The maximum absolute atomic E-state index is 12.2. The number of nitrogens with two attached hydrogens (primary N) is 1. The van der Waals surface area contributed by atoms with Crippen LogP contribution in [0.25, 0.3) is 0 Å². The van der Waals surface area contributed by atoms with Gasteiger partial charge >= 0.3 is 0 Å². The van der Waals surface area contributed by atoms with Crippen molar-refractivity contribution in [2.45, 2.75) is 4.90 Å². The smallest absolute Gasteiger partial charge is 0.265 e. The van der Waals surface area contributed by atoms with Crippen LogP contribution in [0.15, 0.2) is 41.4 Å². The van der Waals surface area contributed by atoms with Gasteiger partial charge in [0.2, 0.25) is 0 Å². The van der Waals surface area contributed by atoms with Crippen molar-refractivity contribution in [1.29, 1.82) is 5.26 Å². The van der Waals surface area contributed by atoms with Gasteiger partial charge in [-0.15, -0.1) is 0 Å². The summed E-state index contributed by atoms with van der Waals surface area (Å²) >= 11 is 5.80. The van der Waals surface area contributed by atoms with E-state index in [-0.39, 0.29) is 22.0 Å². The Bertz CT molecular complexity index is 799. The van der Waals surface area contributed by atoms with Crippen LogP contribution in [-0.4, -0.2) is 13.4 Å². The van der Waals surface area contributed by atoms with Gasteiger partial charge in [-0.2, -0.15) is 5.26 Å². The van der Waals surface area contributed by atoms with Crippen LogP contribution in [-0.2, 0) is 10.0 Å². The molecule has 6 nitrogen and oxygen atoms in total. The number of sulfonamides is 1. The van der Waals surface area contributed by atoms with E-state index in [2.05, 4.69) is 9.71 Å². The van der Waals surface area contributed by atoms with Crippen molar-refractivity contribution in [1.82, 2.24) is 4.98 Å². The topological polar surface area (TPSA) is 109 Å². The van der Waals surface area contributed by atoms with E-state index < -0.39 is 10.0 Å². The molecule has 0 radical (unpaired) electrons. The zero-order valence-corrected chi connectivity index (χ0v) is 11.6. The summed E-state index contributed by atoms with van der Waals surface area (Å²) in [5.41, 5.74) is 5.78. The molecule has 3 N–H and O–H groups in total. The number of anilines is 2. The minimum Gasteiger partial charge on any atom is -0.383 e.